The van der Waals surface area contributed by atoms with Crippen LogP contribution in [0.15, 0.2) is 18.3 Å². The Hall–Kier alpha value is -1.42. The Kier molecular flexibility index (Phi) is 3.43. The number of piperidine rings is 1. The molecule has 2 heterocycles. The lowest BCUT2D eigenvalue weighted by Crippen LogP contribution is -2.52. The number of nitrogens with zero attached hydrogens (tertiary/aromatic N) is 1. The summed E-state index contributed by atoms with van der Waals surface area (Å²) in [6.07, 6.45) is 3.59. The van der Waals surface area contributed by atoms with E-state index in [1.165, 1.54) is 0 Å². The van der Waals surface area contributed by atoms with Crippen LogP contribution in [0, 0.1) is 6.92 Å². The molecule has 0 unspecified atom stereocenters. The highest BCUT2D eigenvalue weighted by atomic mass is 16.2. The molecule has 1 aromatic rings. The first-order valence-electron chi connectivity index (χ1n) is 6.06. The van der Waals surface area contributed by atoms with E-state index in [9.17, 15) is 4.79 Å². The van der Waals surface area contributed by atoms with Crippen molar-refractivity contribution in [3.63, 3.8) is 0 Å². The van der Waals surface area contributed by atoms with Crippen LogP contribution in [0.25, 0.3) is 0 Å². The fourth-order valence-electron chi connectivity index (χ4n) is 2.16. The van der Waals surface area contributed by atoms with Crippen LogP contribution in [-0.4, -0.2) is 29.5 Å². The maximum Gasteiger partial charge on any atom is 0.270 e. The summed E-state index contributed by atoms with van der Waals surface area (Å²) in [6.45, 7) is 5.92. The third-order valence-electron chi connectivity index (χ3n) is 3.35. The highest BCUT2D eigenvalue weighted by Crippen LogP contribution is 2.18. The quantitative estimate of drug-likeness (QED) is 0.808. The molecule has 1 aliphatic rings. The molecule has 2 rings (SSSR count). The minimum atomic E-state index is -0.105. The van der Waals surface area contributed by atoms with Crippen molar-refractivity contribution in [1.82, 2.24) is 15.6 Å². The molecule has 4 heteroatoms. The van der Waals surface area contributed by atoms with Gasteiger partial charge < -0.3 is 10.6 Å². The Labute approximate surface area is 102 Å². The smallest absolute Gasteiger partial charge is 0.270 e. The Balaban J connectivity index is 2.09. The highest BCUT2D eigenvalue weighted by Gasteiger charge is 2.29. The number of hydrogen-bond donors (Lipinski definition) is 2. The highest BCUT2D eigenvalue weighted by molar-refractivity contribution is 5.94. The van der Waals surface area contributed by atoms with Crippen LogP contribution in [0.4, 0.5) is 0 Å². The number of aryl methyl sites for hydroxylation is 1. The van der Waals surface area contributed by atoms with Crippen LogP contribution < -0.4 is 10.6 Å². The number of hydrogen-bond acceptors (Lipinski definition) is 3. The van der Waals surface area contributed by atoms with Crippen molar-refractivity contribution in [2.75, 3.05) is 13.1 Å². The van der Waals surface area contributed by atoms with Gasteiger partial charge in [-0.3, -0.25) is 9.78 Å². The molecule has 1 aliphatic heterocycles. The standard InChI is InChI=1S/C13H19N3O/c1-10-4-3-7-15-11(10)12(17)16-13(2)5-8-14-9-6-13/h3-4,7,14H,5-6,8-9H2,1-2H3,(H,16,17). The second kappa shape index (κ2) is 4.84. The van der Waals surface area contributed by atoms with Crippen molar-refractivity contribution < 1.29 is 4.79 Å². The molecule has 1 fully saturated rings. The van der Waals surface area contributed by atoms with Gasteiger partial charge >= 0.3 is 0 Å². The van der Waals surface area contributed by atoms with Crippen molar-refractivity contribution in [2.24, 2.45) is 0 Å². The third kappa shape index (κ3) is 2.82. The van der Waals surface area contributed by atoms with Gasteiger partial charge in [-0.25, -0.2) is 0 Å². The monoisotopic (exact) mass is 233 g/mol. The summed E-state index contributed by atoms with van der Waals surface area (Å²) < 4.78 is 0. The molecular formula is C13H19N3O. The van der Waals surface area contributed by atoms with Crippen molar-refractivity contribution in [3.05, 3.63) is 29.6 Å². The zero-order valence-electron chi connectivity index (χ0n) is 10.4. The molecule has 0 atom stereocenters. The number of pyridine rings is 1. The van der Waals surface area contributed by atoms with E-state index in [1.807, 2.05) is 19.1 Å². The lowest BCUT2D eigenvalue weighted by Gasteiger charge is -2.34. The van der Waals surface area contributed by atoms with Crippen LogP contribution in [0.3, 0.4) is 0 Å². The van der Waals surface area contributed by atoms with Crippen LogP contribution in [0.2, 0.25) is 0 Å². The third-order valence-corrected chi connectivity index (χ3v) is 3.35. The Morgan fingerprint density at radius 2 is 2.18 bits per heavy atom. The van der Waals surface area contributed by atoms with E-state index in [4.69, 9.17) is 0 Å². The summed E-state index contributed by atoms with van der Waals surface area (Å²) >= 11 is 0. The summed E-state index contributed by atoms with van der Waals surface area (Å²) in [6, 6.07) is 3.75. The molecule has 17 heavy (non-hydrogen) atoms. The van der Waals surface area contributed by atoms with E-state index in [0.29, 0.717) is 5.69 Å². The maximum absolute atomic E-state index is 12.1. The van der Waals surface area contributed by atoms with Gasteiger partial charge in [0.2, 0.25) is 0 Å². The lowest BCUT2D eigenvalue weighted by atomic mass is 9.90. The van der Waals surface area contributed by atoms with Crippen LogP contribution in [0.1, 0.15) is 35.8 Å². The summed E-state index contributed by atoms with van der Waals surface area (Å²) in [5.74, 6) is -0.0625. The Morgan fingerprint density at radius 3 is 2.82 bits per heavy atom. The van der Waals surface area contributed by atoms with E-state index in [0.717, 1.165) is 31.5 Å². The zero-order chi connectivity index (χ0) is 12.3. The Morgan fingerprint density at radius 1 is 1.47 bits per heavy atom. The molecule has 0 radical (unpaired) electrons. The van der Waals surface area contributed by atoms with Crippen molar-refractivity contribution in [3.8, 4) is 0 Å². The van der Waals surface area contributed by atoms with Gasteiger partial charge in [-0.1, -0.05) is 6.07 Å². The molecule has 2 N–H and O–H groups in total. The summed E-state index contributed by atoms with van der Waals surface area (Å²) in [4.78, 5) is 16.3. The van der Waals surface area contributed by atoms with Gasteiger partial charge in [0.25, 0.3) is 5.91 Å². The largest absolute Gasteiger partial charge is 0.345 e. The van der Waals surface area contributed by atoms with E-state index in [1.54, 1.807) is 6.20 Å². The summed E-state index contributed by atoms with van der Waals surface area (Å²) in [7, 11) is 0. The van der Waals surface area contributed by atoms with Crippen LogP contribution in [0.5, 0.6) is 0 Å². The maximum atomic E-state index is 12.1. The first kappa shape index (κ1) is 12.0. The number of aromatic nitrogens is 1. The number of amides is 1. The van der Waals surface area contributed by atoms with E-state index in [-0.39, 0.29) is 11.4 Å². The van der Waals surface area contributed by atoms with Crippen molar-refractivity contribution in [2.45, 2.75) is 32.2 Å². The van der Waals surface area contributed by atoms with Gasteiger partial charge in [0.05, 0.1) is 0 Å². The molecule has 1 aromatic heterocycles. The predicted octanol–water partition coefficient (Wildman–Crippen LogP) is 1.26. The first-order valence-corrected chi connectivity index (χ1v) is 6.06. The van der Waals surface area contributed by atoms with Gasteiger partial charge in [-0.05, 0) is 51.4 Å². The van der Waals surface area contributed by atoms with Gasteiger partial charge in [0, 0.05) is 11.7 Å². The van der Waals surface area contributed by atoms with Crippen LogP contribution >= 0.6 is 0 Å². The molecule has 0 saturated carbocycles. The summed E-state index contributed by atoms with van der Waals surface area (Å²) in [5.41, 5.74) is 1.35. The van der Waals surface area contributed by atoms with Crippen LogP contribution in [-0.2, 0) is 0 Å². The fourth-order valence-corrected chi connectivity index (χ4v) is 2.16. The van der Waals surface area contributed by atoms with E-state index >= 15 is 0 Å². The molecular weight excluding hydrogens is 214 g/mol. The normalized spacial score (nSPS) is 18.7. The van der Waals surface area contributed by atoms with Gasteiger partial charge in [-0.2, -0.15) is 0 Å². The fraction of sp³-hybridized carbons (Fsp3) is 0.538. The minimum absolute atomic E-state index is 0.0625. The van der Waals surface area contributed by atoms with Crippen molar-refractivity contribution in [1.29, 1.82) is 0 Å². The zero-order valence-corrected chi connectivity index (χ0v) is 10.4. The minimum Gasteiger partial charge on any atom is -0.345 e. The summed E-state index contributed by atoms with van der Waals surface area (Å²) in [5, 5.41) is 6.41. The first-order chi connectivity index (χ1) is 8.11. The second-order valence-corrected chi connectivity index (χ2v) is 4.93. The number of carbonyl (C=O) groups is 1. The topological polar surface area (TPSA) is 54.0 Å². The number of rotatable bonds is 2. The second-order valence-electron chi connectivity index (χ2n) is 4.93. The van der Waals surface area contributed by atoms with E-state index in [2.05, 4.69) is 22.5 Å². The van der Waals surface area contributed by atoms with Gasteiger partial charge in [0.1, 0.15) is 5.69 Å². The van der Waals surface area contributed by atoms with E-state index < -0.39 is 0 Å². The van der Waals surface area contributed by atoms with Gasteiger partial charge in [-0.15, -0.1) is 0 Å². The molecule has 1 amide bonds. The predicted molar refractivity (Wildman–Crippen MR) is 66.9 cm³/mol. The molecule has 92 valence electrons. The average Bonchev–Trinajstić information content (AvgIpc) is 2.29. The molecule has 4 nitrogen and oxygen atoms in total. The average molecular weight is 233 g/mol. The molecule has 0 aliphatic carbocycles. The Bertz CT molecular complexity index is 411. The van der Waals surface area contributed by atoms with Gasteiger partial charge in [0.15, 0.2) is 0 Å². The number of nitrogens with one attached hydrogen (secondary N) is 2. The lowest BCUT2D eigenvalue weighted by molar-refractivity contribution is 0.0881. The molecule has 0 spiro atoms. The molecule has 0 bridgehead atoms. The molecule has 1 saturated heterocycles. The van der Waals surface area contributed by atoms with Crippen molar-refractivity contribution >= 4 is 5.91 Å². The number of carbonyl (C=O) groups excluding carboxylic acids is 1. The molecule has 0 aromatic carbocycles. The SMILES string of the molecule is Cc1cccnc1C(=O)NC1(C)CCNCC1.